The van der Waals surface area contributed by atoms with Gasteiger partial charge in [-0.3, -0.25) is 4.79 Å². The summed E-state index contributed by atoms with van der Waals surface area (Å²) in [7, 11) is -3.49. The number of piperazine rings is 1. The Bertz CT molecular complexity index is 1320. The number of halogens is 2. The molecule has 3 heterocycles. The highest BCUT2D eigenvalue weighted by Gasteiger charge is 2.32. The van der Waals surface area contributed by atoms with Gasteiger partial charge in [0, 0.05) is 48.0 Å². The van der Waals surface area contributed by atoms with Crippen LogP contribution >= 0.6 is 23.2 Å². The van der Waals surface area contributed by atoms with Crippen molar-refractivity contribution in [2.45, 2.75) is 25.2 Å². The standard InChI is InChI=1S/C23H24Cl2N4O3S/c24-7-2-10-33(31,32)28-8-9-29(20(30)14-28)17-4-1-3-16(11-17)19-13-27-23-21(22(19)25)18(12-26-23)15-5-6-15/h1,3-4,11-13,15H,2,5-10,14H2,(H,26,27). The molecule has 0 unspecified atom stereocenters. The van der Waals surface area contributed by atoms with Gasteiger partial charge in [-0.15, -0.1) is 11.6 Å². The van der Waals surface area contributed by atoms with Gasteiger partial charge in [0.15, 0.2) is 0 Å². The molecule has 33 heavy (non-hydrogen) atoms. The quantitative estimate of drug-likeness (QED) is 0.482. The summed E-state index contributed by atoms with van der Waals surface area (Å²) in [5, 5.41) is 1.62. The van der Waals surface area contributed by atoms with Crippen molar-refractivity contribution in [1.29, 1.82) is 0 Å². The molecule has 1 N–H and O–H groups in total. The van der Waals surface area contributed by atoms with E-state index >= 15 is 0 Å². The molecule has 2 fully saturated rings. The molecule has 10 heteroatoms. The van der Waals surface area contributed by atoms with Crippen molar-refractivity contribution in [3.8, 4) is 11.1 Å². The van der Waals surface area contributed by atoms with E-state index < -0.39 is 10.0 Å². The van der Waals surface area contributed by atoms with Crippen LogP contribution in [0, 0.1) is 0 Å². The van der Waals surface area contributed by atoms with Gasteiger partial charge in [0.1, 0.15) is 5.65 Å². The van der Waals surface area contributed by atoms with Gasteiger partial charge in [0.25, 0.3) is 0 Å². The Morgan fingerprint density at radius 1 is 1.21 bits per heavy atom. The Hall–Kier alpha value is -2.13. The molecule has 0 spiro atoms. The number of hydrogen-bond acceptors (Lipinski definition) is 4. The minimum atomic E-state index is -3.49. The van der Waals surface area contributed by atoms with Gasteiger partial charge < -0.3 is 9.88 Å². The van der Waals surface area contributed by atoms with Gasteiger partial charge in [-0.2, -0.15) is 4.31 Å². The Morgan fingerprint density at radius 2 is 2.03 bits per heavy atom. The van der Waals surface area contributed by atoms with Crippen LogP contribution in [0.2, 0.25) is 5.02 Å². The average molecular weight is 507 g/mol. The number of aromatic nitrogens is 2. The van der Waals surface area contributed by atoms with Crippen molar-refractivity contribution < 1.29 is 13.2 Å². The molecule has 0 atom stereocenters. The smallest absolute Gasteiger partial charge is 0.242 e. The lowest BCUT2D eigenvalue weighted by molar-refractivity contribution is -0.119. The number of rotatable bonds is 7. The van der Waals surface area contributed by atoms with E-state index in [9.17, 15) is 13.2 Å². The largest absolute Gasteiger partial charge is 0.346 e. The number of sulfonamides is 1. The highest BCUT2D eigenvalue weighted by atomic mass is 35.5. The fourth-order valence-corrected chi connectivity index (χ4v) is 6.45. The van der Waals surface area contributed by atoms with E-state index in [0.29, 0.717) is 23.0 Å². The van der Waals surface area contributed by atoms with Crippen LogP contribution in [0.4, 0.5) is 5.69 Å². The summed E-state index contributed by atoms with van der Waals surface area (Å²) in [6.07, 6.45) is 6.45. The molecule has 0 bridgehead atoms. The summed E-state index contributed by atoms with van der Waals surface area (Å²) < 4.78 is 26.1. The van der Waals surface area contributed by atoms with E-state index in [0.717, 1.165) is 22.2 Å². The molecule has 3 aromatic rings. The molecular formula is C23H24Cl2N4O3S. The van der Waals surface area contributed by atoms with E-state index in [1.54, 1.807) is 11.1 Å². The number of nitrogens with zero attached hydrogens (tertiary/aromatic N) is 3. The van der Waals surface area contributed by atoms with E-state index in [-0.39, 0.29) is 37.2 Å². The van der Waals surface area contributed by atoms with Crippen molar-refractivity contribution in [3.63, 3.8) is 0 Å². The van der Waals surface area contributed by atoms with Crippen molar-refractivity contribution in [3.05, 3.63) is 47.2 Å². The molecule has 1 saturated carbocycles. The predicted molar refractivity (Wildman–Crippen MR) is 132 cm³/mol. The summed E-state index contributed by atoms with van der Waals surface area (Å²) >= 11 is 12.5. The van der Waals surface area contributed by atoms with Crippen molar-refractivity contribution in [2.24, 2.45) is 0 Å². The van der Waals surface area contributed by atoms with Gasteiger partial charge in [-0.05, 0) is 48.4 Å². The molecule has 5 rings (SSSR count). The minimum absolute atomic E-state index is 0.0464. The third kappa shape index (κ3) is 4.37. The highest BCUT2D eigenvalue weighted by molar-refractivity contribution is 7.89. The number of fused-ring (bicyclic) bond motifs is 1. The van der Waals surface area contributed by atoms with Crippen LogP contribution in [-0.4, -0.2) is 59.9 Å². The molecule has 1 aliphatic carbocycles. The van der Waals surface area contributed by atoms with Crippen LogP contribution < -0.4 is 4.90 Å². The van der Waals surface area contributed by atoms with Crippen LogP contribution in [0.3, 0.4) is 0 Å². The first kappa shape index (κ1) is 22.7. The lowest BCUT2D eigenvalue weighted by atomic mass is 10.0. The summed E-state index contributed by atoms with van der Waals surface area (Å²) in [6, 6.07) is 7.58. The molecule has 1 amide bonds. The SMILES string of the molecule is O=C1CN(S(=O)(=O)CCCCl)CCN1c1cccc(-c2cnc3[nH]cc(C4CC4)c3c2Cl)c1. The number of benzene rings is 1. The molecule has 1 saturated heterocycles. The highest BCUT2D eigenvalue weighted by Crippen LogP contribution is 2.46. The number of carbonyl (C=O) groups excluding carboxylic acids is 1. The summed E-state index contributed by atoms with van der Waals surface area (Å²) in [6.45, 7) is 0.372. The van der Waals surface area contributed by atoms with Gasteiger partial charge in [-0.25, -0.2) is 13.4 Å². The molecular weight excluding hydrogens is 483 g/mol. The number of pyridine rings is 1. The summed E-state index contributed by atoms with van der Waals surface area (Å²) in [4.78, 5) is 22.3. The topological polar surface area (TPSA) is 86.4 Å². The zero-order valence-corrected chi connectivity index (χ0v) is 20.3. The van der Waals surface area contributed by atoms with Gasteiger partial charge in [-0.1, -0.05) is 23.7 Å². The second kappa shape index (κ2) is 8.91. The third-order valence-corrected chi connectivity index (χ3v) is 8.83. The number of carbonyl (C=O) groups is 1. The average Bonchev–Trinajstić information content (AvgIpc) is 3.56. The van der Waals surface area contributed by atoms with E-state index in [1.807, 2.05) is 30.5 Å². The Kier molecular flexibility index (Phi) is 6.11. The summed E-state index contributed by atoms with van der Waals surface area (Å²) in [5.41, 5.74) is 4.37. The van der Waals surface area contributed by atoms with E-state index in [4.69, 9.17) is 23.2 Å². The molecule has 2 aliphatic rings. The second-order valence-electron chi connectivity index (χ2n) is 8.52. The molecule has 2 aromatic heterocycles. The zero-order chi connectivity index (χ0) is 23.2. The third-order valence-electron chi connectivity index (χ3n) is 6.27. The first-order chi connectivity index (χ1) is 15.9. The maximum absolute atomic E-state index is 12.9. The van der Waals surface area contributed by atoms with Crippen LogP contribution in [0.5, 0.6) is 0 Å². The molecule has 1 aliphatic heterocycles. The number of alkyl halides is 1. The van der Waals surface area contributed by atoms with Gasteiger partial charge >= 0.3 is 0 Å². The molecule has 0 radical (unpaired) electrons. The Morgan fingerprint density at radius 3 is 2.76 bits per heavy atom. The predicted octanol–water partition coefficient (Wildman–Crippen LogP) is 4.37. The Balaban J connectivity index is 1.41. The Labute approximate surface area is 202 Å². The number of H-pyrrole nitrogens is 1. The second-order valence-corrected chi connectivity index (χ2v) is 11.4. The molecule has 1 aromatic carbocycles. The lowest BCUT2D eigenvalue weighted by Gasteiger charge is -2.33. The maximum Gasteiger partial charge on any atom is 0.242 e. The van der Waals surface area contributed by atoms with Crippen LogP contribution in [-0.2, 0) is 14.8 Å². The van der Waals surface area contributed by atoms with Crippen LogP contribution in [0.15, 0.2) is 36.7 Å². The van der Waals surface area contributed by atoms with Crippen molar-refractivity contribution >= 4 is 55.9 Å². The minimum Gasteiger partial charge on any atom is -0.346 e. The van der Waals surface area contributed by atoms with Gasteiger partial charge in [0.05, 0.1) is 17.3 Å². The van der Waals surface area contributed by atoms with E-state index in [1.165, 1.54) is 22.7 Å². The van der Waals surface area contributed by atoms with Crippen molar-refractivity contribution in [1.82, 2.24) is 14.3 Å². The van der Waals surface area contributed by atoms with Crippen molar-refractivity contribution in [2.75, 3.05) is 36.2 Å². The monoisotopic (exact) mass is 506 g/mol. The molecule has 7 nitrogen and oxygen atoms in total. The summed E-state index contributed by atoms with van der Waals surface area (Å²) in [5.74, 6) is 0.506. The fourth-order valence-electron chi connectivity index (χ4n) is 4.37. The number of nitrogens with one attached hydrogen (secondary N) is 1. The fraction of sp³-hybridized carbons (Fsp3) is 0.391. The lowest BCUT2D eigenvalue weighted by Crippen LogP contribution is -2.52. The number of amides is 1. The maximum atomic E-state index is 12.9. The normalized spacial score (nSPS) is 17.8. The van der Waals surface area contributed by atoms with Gasteiger partial charge in [0.2, 0.25) is 15.9 Å². The number of anilines is 1. The molecule has 174 valence electrons. The first-order valence-corrected chi connectivity index (χ1v) is 13.5. The number of hydrogen-bond donors (Lipinski definition) is 1. The van der Waals surface area contributed by atoms with Crippen LogP contribution in [0.25, 0.3) is 22.2 Å². The van der Waals surface area contributed by atoms with E-state index in [2.05, 4.69) is 9.97 Å². The zero-order valence-electron chi connectivity index (χ0n) is 17.9. The van der Waals surface area contributed by atoms with Crippen LogP contribution in [0.1, 0.15) is 30.7 Å². The number of aromatic amines is 1. The first-order valence-electron chi connectivity index (χ1n) is 11.0.